The standard InChI is InChI=1S/C25H30N4O3S/c1-19-9-10-24(15-20(19)2)33(31,32)28-13-11-22(12-14-28)25(30)27(3)17-21-16-26-29(18-21)23-7-5-4-6-8-23/h4-10,15-16,18,22H,11-14,17H2,1-3H3. The van der Waals surface area contributed by atoms with Gasteiger partial charge in [-0.1, -0.05) is 24.3 Å². The van der Waals surface area contributed by atoms with Crippen LogP contribution < -0.4 is 0 Å². The zero-order valence-corrected chi connectivity index (χ0v) is 20.1. The number of hydrogen-bond donors (Lipinski definition) is 0. The van der Waals surface area contributed by atoms with Crippen molar-refractivity contribution in [2.45, 2.75) is 38.1 Å². The van der Waals surface area contributed by atoms with E-state index in [0.717, 1.165) is 22.4 Å². The molecule has 0 spiro atoms. The Hall–Kier alpha value is -2.97. The van der Waals surface area contributed by atoms with Gasteiger partial charge in [-0.15, -0.1) is 0 Å². The van der Waals surface area contributed by atoms with Crippen molar-refractivity contribution in [3.63, 3.8) is 0 Å². The third kappa shape index (κ3) is 5.02. The summed E-state index contributed by atoms with van der Waals surface area (Å²) in [4.78, 5) is 15.1. The molecule has 1 fully saturated rings. The Bertz CT molecular complexity index is 1230. The number of benzene rings is 2. The largest absolute Gasteiger partial charge is 0.341 e. The van der Waals surface area contributed by atoms with Crippen molar-refractivity contribution in [1.82, 2.24) is 19.0 Å². The van der Waals surface area contributed by atoms with Crippen LogP contribution in [0.1, 0.15) is 29.5 Å². The number of rotatable bonds is 6. The van der Waals surface area contributed by atoms with Crippen LogP contribution in [-0.2, 0) is 21.4 Å². The average Bonchev–Trinajstić information content (AvgIpc) is 3.29. The number of carbonyl (C=O) groups excluding carboxylic acids is 1. The van der Waals surface area contributed by atoms with E-state index in [2.05, 4.69) is 5.10 Å². The van der Waals surface area contributed by atoms with Crippen LogP contribution in [0.4, 0.5) is 0 Å². The first-order chi connectivity index (χ1) is 15.8. The van der Waals surface area contributed by atoms with Gasteiger partial charge in [0.15, 0.2) is 0 Å². The highest BCUT2D eigenvalue weighted by atomic mass is 32.2. The molecule has 0 N–H and O–H groups in total. The maximum Gasteiger partial charge on any atom is 0.243 e. The van der Waals surface area contributed by atoms with E-state index in [9.17, 15) is 13.2 Å². The van der Waals surface area contributed by atoms with E-state index < -0.39 is 10.0 Å². The smallest absolute Gasteiger partial charge is 0.243 e. The van der Waals surface area contributed by atoms with Crippen LogP contribution in [0.15, 0.2) is 65.8 Å². The van der Waals surface area contributed by atoms with Gasteiger partial charge in [0.1, 0.15) is 0 Å². The third-order valence-electron chi connectivity index (χ3n) is 6.37. The first kappa shape index (κ1) is 23.2. The van der Waals surface area contributed by atoms with Crippen molar-refractivity contribution in [3.05, 3.63) is 77.6 Å². The van der Waals surface area contributed by atoms with Gasteiger partial charge in [0.2, 0.25) is 15.9 Å². The van der Waals surface area contributed by atoms with E-state index in [0.29, 0.717) is 37.4 Å². The molecule has 0 saturated carbocycles. The van der Waals surface area contributed by atoms with Crippen molar-refractivity contribution in [1.29, 1.82) is 0 Å². The molecule has 0 radical (unpaired) electrons. The minimum absolute atomic E-state index is 0.0469. The predicted octanol–water partition coefficient (Wildman–Crippen LogP) is 3.55. The van der Waals surface area contributed by atoms with Crippen LogP contribution in [0.2, 0.25) is 0 Å². The molecule has 1 amide bonds. The molecule has 174 valence electrons. The van der Waals surface area contributed by atoms with E-state index in [-0.39, 0.29) is 11.8 Å². The van der Waals surface area contributed by atoms with E-state index in [1.807, 2.05) is 56.4 Å². The van der Waals surface area contributed by atoms with Gasteiger partial charge in [-0.05, 0) is 62.1 Å². The predicted molar refractivity (Wildman–Crippen MR) is 127 cm³/mol. The second kappa shape index (κ2) is 9.49. The van der Waals surface area contributed by atoms with Crippen LogP contribution >= 0.6 is 0 Å². The normalized spacial score (nSPS) is 15.5. The van der Waals surface area contributed by atoms with E-state index in [1.165, 1.54) is 4.31 Å². The number of sulfonamides is 1. The lowest BCUT2D eigenvalue weighted by atomic mass is 9.96. The fourth-order valence-electron chi connectivity index (χ4n) is 4.19. The number of piperidine rings is 1. The summed E-state index contributed by atoms with van der Waals surface area (Å²) in [6.45, 7) is 5.05. The Morgan fingerprint density at radius 2 is 1.76 bits per heavy atom. The van der Waals surface area contributed by atoms with E-state index in [1.54, 1.807) is 35.0 Å². The number of hydrogen-bond acceptors (Lipinski definition) is 4. The van der Waals surface area contributed by atoms with Gasteiger partial charge < -0.3 is 4.90 Å². The lowest BCUT2D eigenvalue weighted by Crippen LogP contribution is -2.43. The molecule has 8 heteroatoms. The van der Waals surface area contributed by atoms with Gasteiger partial charge in [0.25, 0.3) is 0 Å². The number of aromatic nitrogens is 2. The summed E-state index contributed by atoms with van der Waals surface area (Å²) in [7, 11) is -1.75. The second-order valence-electron chi connectivity index (χ2n) is 8.75. The Balaban J connectivity index is 1.35. The van der Waals surface area contributed by atoms with Crippen molar-refractivity contribution >= 4 is 15.9 Å². The van der Waals surface area contributed by atoms with Crippen LogP contribution in [0.5, 0.6) is 0 Å². The molecule has 0 aliphatic carbocycles. The van der Waals surface area contributed by atoms with Crippen molar-refractivity contribution in [2.75, 3.05) is 20.1 Å². The topological polar surface area (TPSA) is 75.5 Å². The summed E-state index contributed by atoms with van der Waals surface area (Å²) in [5, 5.41) is 4.39. The van der Waals surface area contributed by atoms with Gasteiger partial charge in [-0.2, -0.15) is 9.40 Å². The van der Waals surface area contributed by atoms with Gasteiger partial charge >= 0.3 is 0 Å². The number of aryl methyl sites for hydroxylation is 2. The molecule has 2 aromatic carbocycles. The van der Waals surface area contributed by atoms with Crippen LogP contribution in [0, 0.1) is 19.8 Å². The van der Waals surface area contributed by atoms with Gasteiger partial charge in [-0.25, -0.2) is 13.1 Å². The van der Waals surface area contributed by atoms with Crippen molar-refractivity contribution < 1.29 is 13.2 Å². The molecule has 1 aliphatic rings. The lowest BCUT2D eigenvalue weighted by molar-refractivity contribution is -0.135. The van der Waals surface area contributed by atoms with Gasteiger partial charge in [0, 0.05) is 44.4 Å². The molecule has 0 bridgehead atoms. The first-order valence-corrected chi connectivity index (χ1v) is 12.6. The summed E-state index contributed by atoms with van der Waals surface area (Å²) < 4.78 is 29.4. The van der Waals surface area contributed by atoms with Crippen LogP contribution in [0.25, 0.3) is 5.69 Å². The Morgan fingerprint density at radius 3 is 2.42 bits per heavy atom. The molecular formula is C25H30N4O3S. The summed E-state index contributed by atoms with van der Waals surface area (Å²) >= 11 is 0. The molecule has 7 nitrogen and oxygen atoms in total. The second-order valence-corrected chi connectivity index (χ2v) is 10.7. The van der Waals surface area contributed by atoms with Gasteiger partial charge in [0.05, 0.1) is 16.8 Å². The Labute approximate surface area is 195 Å². The summed E-state index contributed by atoms with van der Waals surface area (Å²) in [5.41, 5.74) is 3.94. The summed E-state index contributed by atoms with van der Waals surface area (Å²) in [6.07, 6.45) is 4.75. The SMILES string of the molecule is Cc1ccc(S(=O)(=O)N2CCC(C(=O)N(C)Cc3cnn(-c4ccccc4)c3)CC2)cc1C. The highest BCUT2D eigenvalue weighted by molar-refractivity contribution is 7.89. The number of nitrogens with zero attached hydrogens (tertiary/aromatic N) is 4. The molecule has 4 rings (SSSR count). The first-order valence-electron chi connectivity index (χ1n) is 11.2. The molecule has 1 saturated heterocycles. The highest BCUT2D eigenvalue weighted by Crippen LogP contribution is 2.26. The van der Waals surface area contributed by atoms with Crippen molar-refractivity contribution in [2.24, 2.45) is 5.92 Å². The fraction of sp³-hybridized carbons (Fsp3) is 0.360. The van der Waals surface area contributed by atoms with Gasteiger partial charge in [-0.3, -0.25) is 4.79 Å². The molecule has 1 aromatic heterocycles. The summed E-state index contributed by atoms with van der Waals surface area (Å²) in [6, 6.07) is 15.1. The molecule has 0 unspecified atom stereocenters. The minimum atomic E-state index is -3.55. The van der Waals surface area contributed by atoms with Crippen molar-refractivity contribution in [3.8, 4) is 5.69 Å². The molecule has 33 heavy (non-hydrogen) atoms. The average molecular weight is 467 g/mol. The number of carbonyl (C=O) groups is 1. The number of amides is 1. The third-order valence-corrected chi connectivity index (χ3v) is 8.27. The zero-order chi connectivity index (χ0) is 23.6. The highest BCUT2D eigenvalue weighted by Gasteiger charge is 2.33. The maximum absolute atomic E-state index is 13.0. The number of para-hydroxylation sites is 1. The molecule has 3 aromatic rings. The molecule has 2 heterocycles. The minimum Gasteiger partial charge on any atom is -0.341 e. The van der Waals surface area contributed by atoms with E-state index in [4.69, 9.17) is 0 Å². The monoisotopic (exact) mass is 466 g/mol. The lowest BCUT2D eigenvalue weighted by Gasteiger charge is -2.32. The molecule has 1 aliphatic heterocycles. The maximum atomic E-state index is 13.0. The van der Waals surface area contributed by atoms with Crippen LogP contribution in [0.3, 0.4) is 0 Å². The van der Waals surface area contributed by atoms with E-state index >= 15 is 0 Å². The Morgan fingerprint density at radius 1 is 1.06 bits per heavy atom. The van der Waals surface area contributed by atoms with Crippen LogP contribution in [-0.4, -0.2) is 53.4 Å². The summed E-state index contributed by atoms with van der Waals surface area (Å²) in [5.74, 6) is -0.129. The zero-order valence-electron chi connectivity index (χ0n) is 19.3. The molecular weight excluding hydrogens is 436 g/mol. The Kier molecular flexibility index (Phi) is 6.67. The molecule has 0 atom stereocenters. The fourth-order valence-corrected chi connectivity index (χ4v) is 5.75. The quantitative estimate of drug-likeness (QED) is 0.557.